The minimum Gasteiger partial charge on any atom is -0.0654 e. The van der Waals surface area contributed by atoms with Crippen LogP contribution in [0.4, 0.5) is 0 Å². The molecule has 0 amide bonds. The summed E-state index contributed by atoms with van der Waals surface area (Å²) in [7, 11) is 0. The van der Waals surface area contributed by atoms with E-state index in [4.69, 9.17) is 0 Å². The van der Waals surface area contributed by atoms with Crippen LogP contribution in [0.15, 0.2) is 0 Å². The van der Waals surface area contributed by atoms with Crippen LogP contribution >= 0.6 is 0 Å². The first-order valence-corrected chi connectivity index (χ1v) is 15.7. The van der Waals surface area contributed by atoms with Crippen molar-refractivity contribution < 1.29 is 0 Å². The zero-order valence-corrected chi connectivity index (χ0v) is 24.9. The van der Waals surface area contributed by atoms with Crippen molar-refractivity contribution in [1.82, 2.24) is 0 Å². The van der Waals surface area contributed by atoms with Gasteiger partial charge in [0, 0.05) is 0 Å². The Bertz CT molecular complexity index is 383. The van der Waals surface area contributed by atoms with E-state index in [1.807, 2.05) is 0 Å². The molecule has 0 aromatic rings. The van der Waals surface area contributed by atoms with E-state index < -0.39 is 0 Å². The van der Waals surface area contributed by atoms with E-state index in [2.05, 4.69) is 55.4 Å². The molecule has 0 radical (unpaired) electrons. The third-order valence-corrected chi connectivity index (χ3v) is 8.35. The largest absolute Gasteiger partial charge is 0.0654 e. The molecule has 0 aromatic heterocycles. The summed E-state index contributed by atoms with van der Waals surface area (Å²) >= 11 is 0. The maximum Gasteiger partial charge on any atom is -0.0443 e. The Labute approximate surface area is 212 Å². The molecule has 0 rings (SSSR count). The monoisotopic (exact) mass is 465 g/mol. The van der Waals surface area contributed by atoms with Crippen LogP contribution in [0, 0.1) is 35.5 Å². The highest BCUT2D eigenvalue weighted by atomic mass is 14.2. The van der Waals surface area contributed by atoms with Gasteiger partial charge in [-0.2, -0.15) is 0 Å². The van der Waals surface area contributed by atoms with E-state index in [1.165, 1.54) is 122 Å². The van der Waals surface area contributed by atoms with Crippen LogP contribution in [0.5, 0.6) is 0 Å². The van der Waals surface area contributed by atoms with Gasteiger partial charge in [0.25, 0.3) is 0 Å². The molecule has 0 saturated heterocycles. The Morgan fingerprint density at radius 3 is 0.788 bits per heavy atom. The van der Waals surface area contributed by atoms with E-state index in [9.17, 15) is 0 Å². The first-order valence-electron chi connectivity index (χ1n) is 15.7. The standard InChI is InChI=1S/C33H68/c1-9-10-11-18-29(4)20-13-22-31(6)24-15-26-33(8)27-16-25-32(7)23-14-21-30(5)19-12-17-28(2)3/h28-33H,9-27H2,1-8H3. The van der Waals surface area contributed by atoms with E-state index in [0.717, 1.165) is 35.5 Å². The maximum absolute atomic E-state index is 2.51. The van der Waals surface area contributed by atoms with Crippen LogP contribution in [-0.4, -0.2) is 0 Å². The summed E-state index contributed by atoms with van der Waals surface area (Å²) in [5.41, 5.74) is 0. The van der Waals surface area contributed by atoms with Crippen LogP contribution in [0.2, 0.25) is 0 Å². The predicted octanol–water partition coefficient (Wildman–Crippen LogP) is 12.3. The molecule has 33 heavy (non-hydrogen) atoms. The predicted molar refractivity (Wildman–Crippen MR) is 154 cm³/mol. The lowest BCUT2D eigenvalue weighted by atomic mass is 9.89. The molecule has 5 atom stereocenters. The Hall–Kier alpha value is 0. The molecule has 0 aromatic carbocycles. The third kappa shape index (κ3) is 23.5. The zero-order chi connectivity index (χ0) is 24.9. The Morgan fingerprint density at radius 2 is 0.545 bits per heavy atom. The average molecular weight is 465 g/mol. The number of rotatable bonds is 24. The van der Waals surface area contributed by atoms with Gasteiger partial charge in [-0.05, 0) is 35.5 Å². The number of hydrogen-bond donors (Lipinski definition) is 0. The second kappa shape index (κ2) is 22.5. The molecule has 0 bridgehead atoms. The first-order chi connectivity index (χ1) is 15.7. The molecule has 0 fully saturated rings. The molecule has 0 nitrogen and oxygen atoms in total. The molecule has 0 aliphatic carbocycles. The van der Waals surface area contributed by atoms with Crippen molar-refractivity contribution in [2.75, 3.05) is 0 Å². The van der Waals surface area contributed by atoms with Gasteiger partial charge >= 0.3 is 0 Å². The molecule has 0 aliphatic heterocycles. The Balaban J connectivity index is 3.60. The number of hydrogen-bond acceptors (Lipinski definition) is 0. The molecule has 0 N–H and O–H groups in total. The average Bonchev–Trinajstić information content (AvgIpc) is 2.73. The lowest BCUT2D eigenvalue weighted by Crippen LogP contribution is -2.02. The quantitative estimate of drug-likeness (QED) is 0.125. The highest BCUT2D eigenvalue weighted by Gasteiger charge is 2.10. The summed E-state index contributed by atoms with van der Waals surface area (Å²) in [6.07, 6.45) is 27.5. The highest BCUT2D eigenvalue weighted by Crippen LogP contribution is 2.25. The van der Waals surface area contributed by atoms with Gasteiger partial charge in [0.1, 0.15) is 0 Å². The van der Waals surface area contributed by atoms with Gasteiger partial charge in [0.2, 0.25) is 0 Å². The van der Waals surface area contributed by atoms with E-state index in [0.29, 0.717) is 0 Å². The second-order valence-corrected chi connectivity index (χ2v) is 13.1. The first kappa shape index (κ1) is 33.0. The van der Waals surface area contributed by atoms with Crippen LogP contribution in [-0.2, 0) is 0 Å². The molecular formula is C33H68. The summed E-state index contributed by atoms with van der Waals surface area (Å²) in [5.74, 6) is 5.57. The van der Waals surface area contributed by atoms with Gasteiger partial charge in [0.15, 0.2) is 0 Å². The van der Waals surface area contributed by atoms with E-state index in [1.54, 1.807) is 0 Å². The second-order valence-electron chi connectivity index (χ2n) is 13.1. The van der Waals surface area contributed by atoms with E-state index >= 15 is 0 Å². The van der Waals surface area contributed by atoms with Crippen LogP contribution in [0.1, 0.15) is 177 Å². The fourth-order valence-electron chi connectivity index (χ4n) is 5.60. The number of unbranched alkanes of at least 4 members (excludes halogenated alkanes) is 2. The summed E-state index contributed by atoms with van der Waals surface area (Å²) in [6, 6.07) is 0. The van der Waals surface area contributed by atoms with Crippen molar-refractivity contribution >= 4 is 0 Å². The minimum absolute atomic E-state index is 0.877. The summed E-state index contributed by atoms with van der Waals surface area (Å²) in [4.78, 5) is 0. The van der Waals surface area contributed by atoms with Gasteiger partial charge < -0.3 is 0 Å². The molecule has 0 heteroatoms. The van der Waals surface area contributed by atoms with Crippen molar-refractivity contribution in [2.45, 2.75) is 177 Å². The fourth-order valence-corrected chi connectivity index (χ4v) is 5.60. The molecular weight excluding hydrogens is 396 g/mol. The SMILES string of the molecule is CCCCCC(C)CCCC(C)CCCC(C)CCCC(C)CCCC(C)CCCC(C)C. The minimum atomic E-state index is 0.877. The van der Waals surface area contributed by atoms with Crippen LogP contribution < -0.4 is 0 Å². The van der Waals surface area contributed by atoms with Crippen molar-refractivity contribution in [1.29, 1.82) is 0 Å². The molecule has 0 aliphatic rings. The normalized spacial score (nSPS) is 16.6. The zero-order valence-electron chi connectivity index (χ0n) is 24.9. The van der Waals surface area contributed by atoms with Gasteiger partial charge in [-0.15, -0.1) is 0 Å². The molecule has 0 saturated carbocycles. The lowest BCUT2D eigenvalue weighted by molar-refractivity contribution is 0.359. The fraction of sp³-hybridized carbons (Fsp3) is 1.00. The molecule has 5 unspecified atom stereocenters. The summed E-state index contributed by atoms with van der Waals surface area (Å²) < 4.78 is 0. The Kier molecular flexibility index (Phi) is 22.5. The maximum atomic E-state index is 2.51. The van der Waals surface area contributed by atoms with Gasteiger partial charge in [-0.3, -0.25) is 0 Å². The highest BCUT2D eigenvalue weighted by molar-refractivity contribution is 4.63. The summed E-state index contributed by atoms with van der Waals surface area (Å²) in [5, 5.41) is 0. The van der Waals surface area contributed by atoms with Crippen LogP contribution in [0.3, 0.4) is 0 Å². The molecule has 200 valence electrons. The molecule has 0 spiro atoms. The van der Waals surface area contributed by atoms with Crippen molar-refractivity contribution in [2.24, 2.45) is 35.5 Å². The topological polar surface area (TPSA) is 0 Å². The molecule has 0 heterocycles. The summed E-state index contributed by atoms with van der Waals surface area (Å²) in [6.45, 7) is 19.5. The smallest absolute Gasteiger partial charge is 0.0443 e. The third-order valence-electron chi connectivity index (χ3n) is 8.35. The lowest BCUT2D eigenvalue weighted by Gasteiger charge is -2.17. The van der Waals surface area contributed by atoms with Gasteiger partial charge in [-0.25, -0.2) is 0 Å². The van der Waals surface area contributed by atoms with Gasteiger partial charge in [0.05, 0.1) is 0 Å². The van der Waals surface area contributed by atoms with Crippen molar-refractivity contribution in [3.8, 4) is 0 Å². The Morgan fingerprint density at radius 1 is 0.303 bits per heavy atom. The van der Waals surface area contributed by atoms with E-state index in [-0.39, 0.29) is 0 Å². The van der Waals surface area contributed by atoms with Crippen LogP contribution in [0.25, 0.3) is 0 Å². The van der Waals surface area contributed by atoms with Crippen molar-refractivity contribution in [3.63, 3.8) is 0 Å². The van der Waals surface area contributed by atoms with Gasteiger partial charge in [-0.1, -0.05) is 177 Å². The van der Waals surface area contributed by atoms with Crippen molar-refractivity contribution in [3.05, 3.63) is 0 Å².